The van der Waals surface area contributed by atoms with Gasteiger partial charge in [-0.15, -0.1) is 0 Å². The molecule has 3 rings (SSSR count). The van der Waals surface area contributed by atoms with E-state index in [9.17, 15) is 13.2 Å². The molecule has 1 aliphatic rings. The first-order valence-corrected chi connectivity index (χ1v) is 9.90. The van der Waals surface area contributed by atoms with Crippen molar-refractivity contribution in [3.63, 3.8) is 0 Å². The van der Waals surface area contributed by atoms with Gasteiger partial charge in [-0.1, -0.05) is 15.9 Å². The second-order valence-corrected chi connectivity index (χ2v) is 8.18. The topological polar surface area (TPSA) is 84.9 Å². The van der Waals surface area contributed by atoms with Crippen LogP contribution in [0.15, 0.2) is 46.9 Å². The number of carbonyl (C=O) groups is 1. The molecule has 25 heavy (non-hydrogen) atoms. The number of hydrogen-bond acceptors (Lipinski definition) is 5. The summed E-state index contributed by atoms with van der Waals surface area (Å²) < 4.78 is 36.6. The smallest absolute Gasteiger partial charge is 0.245 e. The molecule has 9 heteroatoms. The van der Waals surface area contributed by atoms with Gasteiger partial charge in [-0.25, -0.2) is 8.42 Å². The number of carbonyl (C=O) groups excluding carboxylic acids is 1. The number of ether oxygens (including phenoxy) is 2. The molecule has 0 radical (unpaired) electrons. The molecule has 0 saturated heterocycles. The van der Waals surface area contributed by atoms with Gasteiger partial charge in [0.2, 0.25) is 22.7 Å². The average molecular weight is 427 g/mol. The van der Waals surface area contributed by atoms with Crippen molar-refractivity contribution in [2.24, 2.45) is 0 Å². The lowest BCUT2D eigenvalue weighted by atomic mass is 10.2. The first kappa shape index (κ1) is 17.6. The number of benzene rings is 2. The van der Waals surface area contributed by atoms with Gasteiger partial charge in [0.05, 0.1) is 11.9 Å². The second-order valence-electron chi connectivity index (χ2n) is 5.36. The predicted octanol–water partition coefficient (Wildman–Crippen LogP) is 2.58. The lowest BCUT2D eigenvalue weighted by Crippen LogP contribution is -2.37. The fraction of sp³-hybridized carbons (Fsp3) is 0.188. The zero-order valence-electron chi connectivity index (χ0n) is 13.2. The van der Waals surface area contributed by atoms with Gasteiger partial charge in [0.15, 0.2) is 11.5 Å². The molecule has 0 spiro atoms. The van der Waals surface area contributed by atoms with E-state index >= 15 is 0 Å². The molecule has 0 bridgehead atoms. The number of amides is 1. The quantitative estimate of drug-likeness (QED) is 0.793. The third-order valence-corrected chi connectivity index (χ3v) is 5.13. The van der Waals surface area contributed by atoms with Crippen molar-refractivity contribution in [1.29, 1.82) is 0 Å². The van der Waals surface area contributed by atoms with E-state index < -0.39 is 15.9 Å². The van der Waals surface area contributed by atoms with Gasteiger partial charge in [-0.2, -0.15) is 0 Å². The molecule has 7 nitrogen and oxygen atoms in total. The van der Waals surface area contributed by atoms with Crippen molar-refractivity contribution < 1.29 is 22.7 Å². The summed E-state index contributed by atoms with van der Waals surface area (Å²) in [6, 6.07) is 11.7. The first-order chi connectivity index (χ1) is 11.8. The molecular formula is C16H15BrN2O5S. The Labute approximate surface area is 153 Å². The van der Waals surface area contributed by atoms with E-state index in [1.54, 1.807) is 36.4 Å². The highest BCUT2D eigenvalue weighted by molar-refractivity contribution is 9.10. The zero-order chi connectivity index (χ0) is 18.0. The SMILES string of the molecule is CS(=O)(=O)N(CC(=O)Nc1ccc(Br)cc1)c1ccc2c(c1)OCO2. The number of anilines is 2. The highest BCUT2D eigenvalue weighted by Gasteiger charge is 2.23. The van der Waals surface area contributed by atoms with Crippen molar-refractivity contribution >= 4 is 43.2 Å². The van der Waals surface area contributed by atoms with E-state index in [0.29, 0.717) is 22.9 Å². The van der Waals surface area contributed by atoms with Crippen LogP contribution in [0.4, 0.5) is 11.4 Å². The van der Waals surface area contributed by atoms with Crippen LogP contribution >= 0.6 is 15.9 Å². The van der Waals surface area contributed by atoms with Gasteiger partial charge < -0.3 is 14.8 Å². The van der Waals surface area contributed by atoms with Crippen molar-refractivity contribution in [1.82, 2.24) is 0 Å². The summed E-state index contributed by atoms with van der Waals surface area (Å²) in [4.78, 5) is 12.3. The van der Waals surface area contributed by atoms with Crippen LogP contribution in [-0.2, 0) is 14.8 Å². The van der Waals surface area contributed by atoms with Crippen molar-refractivity contribution in [3.8, 4) is 11.5 Å². The van der Waals surface area contributed by atoms with E-state index in [1.165, 1.54) is 6.07 Å². The van der Waals surface area contributed by atoms with E-state index in [4.69, 9.17) is 9.47 Å². The van der Waals surface area contributed by atoms with Crippen LogP contribution < -0.4 is 19.1 Å². The predicted molar refractivity (Wildman–Crippen MR) is 97.5 cm³/mol. The van der Waals surface area contributed by atoms with Gasteiger partial charge >= 0.3 is 0 Å². The lowest BCUT2D eigenvalue weighted by molar-refractivity contribution is -0.114. The summed E-state index contributed by atoms with van der Waals surface area (Å²) in [6.45, 7) is -0.268. The highest BCUT2D eigenvalue weighted by atomic mass is 79.9. The van der Waals surface area contributed by atoms with Gasteiger partial charge in [-0.05, 0) is 36.4 Å². The van der Waals surface area contributed by atoms with Crippen LogP contribution in [0, 0.1) is 0 Å². The zero-order valence-corrected chi connectivity index (χ0v) is 15.6. The molecule has 132 valence electrons. The summed E-state index contributed by atoms with van der Waals surface area (Å²) >= 11 is 3.31. The number of nitrogens with one attached hydrogen (secondary N) is 1. The minimum atomic E-state index is -3.66. The molecule has 0 fully saturated rings. The fourth-order valence-corrected chi connectivity index (χ4v) is 3.42. The van der Waals surface area contributed by atoms with Crippen LogP contribution in [-0.4, -0.2) is 33.9 Å². The fourth-order valence-electron chi connectivity index (χ4n) is 2.30. The molecule has 0 aromatic heterocycles. The van der Waals surface area contributed by atoms with E-state index in [1.807, 2.05) is 0 Å². The number of sulfonamides is 1. The molecular weight excluding hydrogens is 412 g/mol. The Morgan fingerprint density at radius 1 is 1.16 bits per heavy atom. The van der Waals surface area contributed by atoms with E-state index in [0.717, 1.165) is 15.0 Å². The van der Waals surface area contributed by atoms with E-state index in [2.05, 4.69) is 21.2 Å². The molecule has 0 saturated carbocycles. The number of rotatable bonds is 5. The van der Waals surface area contributed by atoms with Crippen molar-refractivity contribution in [3.05, 3.63) is 46.9 Å². The number of fused-ring (bicyclic) bond motifs is 1. The van der Waals surface area contributed by atoms with Crippen molar-refractivity contribution in [2.45, 2.75) is 0 Å². The third-order valence-electron chi connectivity index (χ3n) is 3.46. The van der Waals surface area contributed by atoms with Crippen LogP contribution in [0.2, 0.25) is 0 Å². The normalized spacial score (nSPS) is 12.7. The van der Waals surface area contributed by atoms with E-state index in [-0.39, 0.29) is 13.3 Å². The molecule has 1 heterocycles. The monoisotopic (exact) mass is 426 g/mol. The highest BCUT2D eigenvalue weighted by Crippen LogP contribution is 2.36. The minimum absolute atomic E-state index is 0.0850. The average Bonchev–Trinajstić information content (AvgIpc) is 3.01. The van der Waals surface area contributed by atoms with Gasteiger partial charge in [0, 0.05) is 16.2 Å². The molecule has 0 unspecified atom stereocenters. The molecule has 1 amide bonds. The molecule has 0 atom stereocenters. The Kier molecular flexibility index (Phi) is 4.87. The maximum absolute atomic E-state index is 12.3. The number of halogens is 1. The molecule has 1 N–H and O–H groups in total. The summed E-state index contributed by atoms with van der Waals surface area (Å²) in [6.07, 6.45) is 1.05. The van der Waals surface area contributed by atoms with Crippen LogP contribution in [0.25, 0.3) is 0 Å². The largest absolute Gasteiger partial charge is 0.454 e. The molecule has 1 aliphatic heterocycles. The Hall–Kier alpha value is -2.26. The molecule has 2 aromatic carbocycles. The number of nitrogens with zero attached hydrogens (tertiary/aromatic N) is 1. The summed E-state index contributed by atoms with van der Waals surface area (Å²) in [5.74, 6) is 0.529. The first-order valence-electron chi connectivity index (χ1n) is 7.26. The molecule has 2 aromatic rings. The third kappa shape index (κ3) is 4.23. The minimum Gasteiger partial charge on any atom is -0.454 e. The molecule has 0 aliphatic carbocycles. The van der Waals surface area contributed by atoms with Gasteiger partial charge in [0.25, 0.3) is 0 Å². The standard InChI is InChI=1S/C16H15BrN2O5S/c1-25(21,22)19(13-6-7-14-15(8-13)24-10-23-14)9-16(20)18-12-4-2-11(17)3-5-12/h2-8H,9-10H2,1H3,(H,18,20). The van der Waals surface area contributed by atoms with Crippen LogP contribution in [0.1, 0.15) is 0 Å². The van der Waals surface area contributed by atoms with Crippen LogP contribution in [0.3, 0.4) is 0 Å². The van der Waals surface area contributed by atoms with Gasteiger partial charge in [0.1, 0.15) is 6.54 Å². The number of hydrogen-bond donors (Lipinski definition) is 1. The Morgan fingerprint density at radius 2 is 1.84 bits per heavy atom. The summed E-state index contributed by atoms with van der Waals surface area (Å²) in [7, 11) is -3.66. The van der Waals surface area contributed by atoms with Crippen molar-refractivity contribution in [2.75, 3.05) is 29.2 Å². The second kappa shape index (κ2) is 6.93. The lowest BCUT2D eigenvalue weighted by Gasteiger charge is -2.22. The Bertz CT molecular complexity index is 899. The Balaban J connectivity index is 1.79. The maximum Gasteiger partial charge on any atom is 0.245 e. The maximum atomic E-state index is 12.3. The van der Waals surface area contributed by atoms with Crippen LogP contribution in [0.5, 0.6) is 11.5 Å². The summed E-state index contributed by atoms with van der Waals surface area (Å²) in [5, 5.41) is 2.67. The summed E-state index contributed by atoms with van der Waals surface area (Å²) in [5.41, 5.74) is 0.907. The Morgan fingerprint density at radius 3 is 2.52 bits per heavy atom. The van der Waals surface area contributed by atoms with Gasteiger partial charge in [-0.3, -0.25) is 9.10 Å².